The maximum Gasteiger partial charge on any atom is 0.326 e. The van der Waals surface area contributed by atoms with E-state index in [1.807, 2.05) is 13.8 Å². The Balaban J connectivity index is 2.98. The lowest BCUT2D eigenvalue weighted by Gasteiger charge is -2.23. The van der Waals surface area contributed by atoms with Crippen molar-refractivity contribution >= 4 is 23.5 Å². The second-order valence-electron chi connectivity index (χ2n) is 5.08. The summed E-state index contributed by atoms with van der Waals surface area (Å²) >= 11 is 5.98. The first-order chi connectivity index (χ1) is 10.4. The van der Waals surface area contributed by atoms with Crippen molar-refractivity contribution in [1.82, 2.24) is 4.90 Å². The van der Waals surface area contributed by atoms with Crippen molar-refractivity contribution in [2.45, 2.75) is 13.8 Å². The Hall–Kier alpha value is -2.03. The number of amides is 1. The summed E-state index contributed by atoms with van der Waals surface area (Å²) in [5.74, 6) is 1.46. The zero-order valence-corrected chi connectivity index (χ0v) is 13.3. The molecule has 0 heterocycles. The van der Waals surface area contributed by atoms with E-state index in [4.69, 9.17) is 23.8 Å². The maximum absolute atomic E-state index is 12.5. The van der Waals surface area contributed by atoms with Crippen molar-refractivity contribution in [3.63, 3.8) is 0 Å². The van der Waals surface area contributed by atoms with Crippen molar-refractivity contribution in [2.75, 3.05) is 19.8 Å². The first-order valence-corrected chi connectivity index (χ1v) is 7.14. The lowest BCUT2D eigenvalue weighted by molar-refractivity contribution is -0.144. The van der Waals surface area contributed by atoms with Crippen LogP contribution in [0, 0.1) is 18.3 Å². The molecule has 1 aromatic rings. The van der Waals surface area contributed by atoms with Gasteiger partial charge in [-0.3, -0.25) is 15.3 Å². The maximum atomic E-state index is 12.5. The molecule has 0 unspecified atom stereocenters. The van der Waals surface area contributed by atoms with Gasteiger partial charge in [-0.05, 0) is 30.5 Å². The Labute approximate surface area is 135 Å². The van der Waals surface area contributed by atoms with Gasteiger partial charge in [-0.1, -0.05) is 31.4 Å². The standard InChI is InChI=1S/C16H18ClN2O3/c1-4-12-5-6-13(7-14(12)17)16(21)19(8-11(2)3)9-15(20)22-10-18/h5-7,11H,8-10,18H2,2-3H3. The second kappa shape index (κ2) is 8.42. The normalized spacial score (nSPS) is 10.2. The smallest absolute Gasteiger partial charge is 0.326 e. The highest BCUT2D eigenvalue weighted by molar-refractivity contribution is 6.32. The van der Waals surface area contributed by atoms with Crippen LogP contribution in [0.25, 0.3) is 0 Å². The molecule has 22 heavy (non-hydrogen) atoms. The summed E-state index contributed by atoms with van der Waals surface area (Å²) in [5.41, 5.74) is 5.89. The number of halogens is 1. The number of esters is 1. The summed E-state index contributed by atoms with van der Waals surface area (Å²) in [6.07, 6.45) is 7.08. The molecular weight excluding hydrogens is 304 g/mol. The molecule has 0 aliphatic rings. The molecule has 2 N–H and O–H groups in total. The van der Waals surface area contributed by atoms with E-state index in [9.17, 15) is 9.59 Å². The molecule has 1 rings (SSSR count). The number of nitrogens with zero attached hydrogens (tertiary/aromatic N) is 1. The van der Waals surface area contributed by atoms with Gasteiger partial charge >= 0.3 is 5.97 Å². The summed E-state index contributed by atoms with van der Waals surface area (Å²) < 4.78 is 4.68. The molecule has 0 fully saturated rings. The van der Waals surface area contributed by atoms with E-state index in [2.05, 4.69) is 10.7 Å². The van der Waals surface area contributed by atoms with Gasteiger partial charge in [0.05, 0.1) is 5.02 Å². The minimum atomic E-state index is -0.563. The van der Waals surface area contributed by atoms with Crippen molar-refractivity contribution in [2.24, 2.45) is 11.7 Å². The molecule has 1 amide bonds. The SMILES string of the molecule is [C]#Cc1ccc(C(=O)N(CC(=O)OCN)CC(C)C)cc1Cl. The highest BCUT2D eigenvalue weighted by atomic mass is 35.5. The molecule has 5 nitrogen and oxygen atoms in total. The first-order valence-electron chi connectivity index (χ1n) is 6.76. The van der Waals surface area contributed by atoms with Gasteiger partial charge in [0, 0.05) is 17.7 Å². The molecule has 0 spiro atoms. The van der Waals surface area contributed by atoms with Gasteiger partial charge < -0.3 is 9.64 Å². The van der Waals surface area contributed by atoms with Crippen LogP contribution in [-0.4, -0.2) is 36.6 Å². The molecule has 1 aromatic carbocycles. The number of hydrogen-bond donors (Lipinski definition) is 1. The Morgan fingerprint density at radius 2 is 2.14 bits per heavy atom. The minimum Gasteiger partial charge on any atom is -0.449 e. The fourth-order valence-electron chi connectivity index (χ4n) is 1.89. The third kappa shape index (κ3) is 5.06. The minimum absolute atomic E-state index is 0.176. The van der Waals surface area contributed by atoms with Crippen LogP contribution in [0.4, 0.5) is 0 Å². The molecule has 0 saturated carbocycles. The zero-order chi connectivity index (χ0) is 16.7. The second-order valence-corrected chi connectivity index (χ2v) is 5.49. The lowest BCUT2D eigenvalue weighted by atomic mass is 10.1. The van der Waals surface area contributed by atoms with Crippen molar-refractivity contribution < 1.29 is 14.3 Å². The average molecular weight is 322 g/mol. The number of carbonyl (C=O) groups is 2. The first kappa shape index (κ1) is 18.0. The molecular formula is C16H18ClN2O3. The molecule has 0 aliphatic carbocycles. The van der Waals surface area contributed by atoms with Gasteiger partial charge in [0.1, 0.15) is 13.3 Å². The van der Waals surface area contributed by atoms with Crippen LogP contribution in [0.3, 0.4) is 0 Å². The van der Waals surface area contributed by atoms with E-state index < -0.39 is 5.97 Å². The van der Waals surface area contributed by atoms with Gasteiger partial charge in [0.15, 0.2) is 0 Å². The summed E-state index contributed by atoms with van der Waals surface area (Å²) in [6, 6.07) is 4.54. The summed E-state index contributed by atoms with van der Waals surface area (Å²) in [4.78, 5) is 25.5. The molecule has 0 aromatic heterocycles. The molecule has 0 bridgehead atoms. The summed E-state index contributed by atoms with van der Waals surface area (Å²) in [6.45, 7) is 3.88. The Morgan fingerprint density at radius 3 is 2.64 bits per heavy atom. The molecule has 0 aliphatic heterocycles. The predicted molar refractivity (Wildman–Crippen MR) is 83.6 cm³/mol. The monoisotopic (exact) mass is 321 g/mol. The molecule has 6 heteroatoms. The highest BCUT2D eigenvalue weighted by Crippen LogP contribution is 2.18. The van der Waals surface area contributed by atoms with Gasteiger partial charge in [-0.25, -0.2) is 0 Å². The van der Waals surface area contributed by atoms with E-state index in [-0.39, 0.29) is 30.1 Å². The number of benzene rings is 1. The van der Waals surface area contributed by atoms with E-state index >= 15 is 0 Å². The van der Waals surface area contributed by atoms with Gasteiger partial charge in [-0.2, -0.15) is 0 Å². The summed E-state index contributed by atoms with van der Waals surface area (Å²) in [7, 11) is 0. The lowest BCUT2D eigenvalue weighted by Crippen LogP contribution is -2.39. The van der Waals surface area contributed by atoms with Gasteiger partial charge in [0.2, 0.25) is 0 Å². The van der Waals surface area contributed by atoms with Crippen LogP contribution < -0.4 is 5.73 Å². The number of hydrogen-bond acceptors (Lipinski definition) is 4. The average Bonchev–Trinajstić information content (AvgIpc) is 2.45. The Bertz CT molecular complexity index is 594. The zero-order valence-electron chi connectivity index (χ0n) is 12.6. The van der Waals surface area contributed by atoms with Crippen LogP contribution in [0.15, 0.2) is 18.2 Å². The molecule has 0 atom stereocenters. The van der Waals surface area contributed by atoms with E-state index in [1.165, 1.54) is 17.0 Å². The van der Waals surface area contributed by atoms with Crippen LogP contribution >= 0.6 is 11.6 Å². The molecule has 117 valence electrons. The van der Waals surface area contributed by atoms with Crippen LogP contribution in [0.1, 0.15) is 29.8 Å². The van der Waals surface area contributed by atoms with Crippen molar-refractivity contribution in [3.8, 4) is 5.92 Å². The fourth-order valence-corrected chi connectivity index (χ4v) is 2.11. The Kier molecular flexibility index (Phi) is 6.90. The number of ether oxygens (including phenoxy) is 1. The third-order valence-corrected chi connectivity index (χ3v) is 3.10. The van der Waals surface area contributed by atoms with E-state index in [0.29, 0.717) is 17.7 Å². The highest BCUT2D eigenvalue weighted by Gasteiger charge is 2.21. The van der Waals surface area contributed by atoms with Crippen molar-refractivity contribution in [3.05, 3.63) is 40.8 Å². The quantitative estimate of drug-likeness (QED) is 0.493. The van der Waals surface area contributed by atoms with Gasteiger partial charge in [-0.15, -0.1) is 0 Å². The number of rotatable bonds is 6. The van der Waals surface area contributed by atoms with E-state index in [1.54, 1.807) is 6.07 Å². The van der Waals surface area contributed by atoms with E-state index in [0.717, 1.165) is 0 Å². The van der Waals surface area contributed by atoms with Crippen molar-refractivity contribution in [1.29, 1.82) is 0 Å². The Morgan fingerprint density at radius 1 is 1.45 bits per heavy atom. The largest absolute Gasteiger partial charge is 0.449 e. The number of carbonyl (C=O) groups excluding carboxylic acids is 2. The summed E-state index contributed by atoms with van der Waals surface area (Å²) in [5, 5.41) is 0.259. The third-order valence-electron chi connectivity index (χ3n) is 2.79. The molecule has 1 radical (unpaired) electrons. The van der Waals surface area contributed by atoms with Crippen LogP contribution in [0.5, 0.6) is 0 Å². The number of nitrogens with two attached hydrogens (primary N) is 1. The van der Waals surface area contributed by atoms with Crippen LogP contribution in [0.2, 0.25) is 5.02 Å². The predicted octanol–water partition coefficient (Wildman–Crippen LogP) is 1.84. The van der Waals surface area contributed by atoms with Gasteiger partial charge in [0.25, 0.3) is 5.91 Å². The topological polar surface area (TPSA) is 72.6 Å². The van der Waals surface area contributed by atoms with Crippen LogP contribution in [-0.2, 0) is 9.53 Å². The fraction of sp³-hybridized carbons (Fsp3) is 0.375. The molecule has 0 saturated heterocycles.